The van der Waals surface area contributed by atoms with Crippen LogP contribution in [0.2, 0.25) is 0 Å². The molecule has 0 unspecified atom stereocenters. The van der Waals surface area contributed by atoms with Gasteiger partial charge in [-0.25, -0.2) is 0 Å². The first-order valence-electron chi connectivity index (χ1n) is 5.68. The van der Waals surface area contributed by atoms with Crippen LogP contribution in [0, 0.1) is 5.41 Å². The van der Waals surface area contributed by atoms with Gasteiger partial charge in [0.2, 0.25) is 0 Å². The van der Waals surface area contributed by atoms with Crippen LogP contribution >= 0.6 is 0 Å². The molecule has 1 N–H and O–H groups in total. The van der Waals surface area contributed by atoms with Crippen LogP contribution in [-0.4, -0.2) is 50.8 Å². The largest absolute Gasteiger partial charge is 0.380 e. The van der Waals surface area contributed by atoms with E-state index in [1.54, 1.807) is 0 Å². The molecule has 2 saturated heterocycles. The summed E-state index contributed by atoms with van der Waals surface area (Å²) in [6.45, 7) is 7.79. The highest BCUT2D eigenvalue weighted by Crippen LogP contribution is 2.25. The van der Waals surface area contributed by atoms with E-state index >= 15 is 0 Å². The van der Waals surface area contributed by atoms with E-state index in [1.807, 2.05) is 0 Å². The molecule has 2 fully saturated rings. The molecule has 0 aromatic heterocycles. The number of piperidine rings is 1. The van der Waals surface area contributed by atoms with Gasteiger partial charge in [0.1, 0.15) is 0 Å². The van der Waals surface area contributed by atoms with Gasteiger partial charge in [0.05, 0.1) is 13.2 Å². The van der Waals surface area contributed by atoms with Crippen LogP contribution in [0.25, 0.3) is 0 Å². The third-order valence-electron chi connectivity index (χ3n) is 3.44. The van der Waals surface area contributed by atoms with Crippen molar-refractivity contribution in [2.45, 2.75) is 25.8 Å². The maximum atomic E-state index is 5.25. The first-order chi connectivity index (χ1) is 6.68. The van der Waals surface area contributed by atoms with E-state index in [0.717, 1.165) is 25.8 Å². The van der Waals surface area contributed by atoms with Gasteiger partial charge >= 0.3 is 0 Å². The molecule has 2 heterocycles. The summed E-state index contributed by atoms with van der Waals surface area (Å²) in [5.41, 5.74) is 0.420. The number of hydrogen-bond donors (Lipinski definition) is 1. The van der Waals surface area contributed by atoms with E-state index in [4.69, 9.17) is 4.74 Å². The molecule has 0 amide bonds. The average Bonchev–Trinajstić information content (AvgIpc) is 2.14. The SMILES string of the molecule is CN1CCC(NCC2(C)COC2)CC1. The molecule has 0 bridgehead atoms. The second-order valence-corrected chi connectivity index (χ2v) is 5.26. The van der Waals surface area contributed by atoms with E-state index in [1.165, 1.54) is 25.9 Å². The van der Waals surface area contributed by atoms with Gasteiger partial charge in [-0.05, 0) is 33.0 Å². The summed E-state index contributed by atoms with van der Waals surface area (Å²) >= 11 is 0. The Labute approximate surface area is 86.8 Å². The minimum Gasteiger partial charge on any atom is -0.380 e. The fourth-order valence-electron chi connectivity index (χ4n) is 2.16. The standard InChI is InChI=1S/C11H22N2O/c1-11(8-14-9-11)7-12-10-3-5-13(2)6-4-10/h10,12H,3-9H2,1-2H3. The van der Waals surface area contributed by atoms with Gasteiger partial charge in [-0.3, -0.25) is 0 Å². The summed E-state index contributed by atoms with van der Waals surface area (Å²) in [4.78, 5) is 2.41. The van der Waals surface area contributed by atoms with E-state index < -0.39 is 0 Å². The van der Waals surface area contributed by atoms with Gasteiger partial charge in [-0.2, -0.15) is 0 Å². The van der Waals surface area contributed by atoms with E-state index in [0.29, 0.717) is 5.41 Å². The van der Waals surface area contributed by atoms with Crippen LogP contribution in [0.3, 0.4) is 0 Å². The minimum absolute atomic E-state index is 0.420. The molecule has 0 radical (unpaired) electrons. The fourth-order valence-corrected chi connectivity index (χ4v) is 2.16. The number of rotatable bonds is 3. The highest BCUT2D eigenvalue weighted by Gasteiger charge is 2.33. The number of nitrogens with zero attached hydrogens (tertiary/aromatic N) is 1. The van der Waals surface area contributed by atoms with E-state index in [2.05, 4.69) is 24.2 Å². The molecule has 3 nitrogen and oxygen atoms in total. The van der Waals surface area contributed by atoms with Gasteiger partial charge in [0.15, 0.2) is 0 Å². The molecular formula is C11H22N2O. The first kappa shape index (κ1) is 10.4. The molecule has 0 atom stereocenters. The van der Waals surface area contributed by atoms with E-state index in [-0.39, 0.29) is 0 Å². The van der Waals surface area contributed by atoms with Crippen LogP contribution in [0.5, 0.6) is 0 Å². The molecule has 3 heteroatoms. The van der Waals surface area contributed by atoms with Crippen molar-refractivity contribution in [1.29, 1.82) is 0 Å². The second kappa shape index (κ2) is 4.17. The summed E-state index contributed by atoms with van der Waals surface area (Å²) in [5.74, 6) is 0. The number of hydrogen-bond acceptors (Lipinski definition) is 3. The maximum absolute atomic E-state index is 5.25. The Balaban J connectivity index is 1.65. The minimum atomic E-state index is 0.420. The van der Waals surface area contributed by atoms with Crippen molar-refractivity contribution in [3.63, 3.8) is 0 Å². The highest BCUT2D eigenvalue weighted by atomic mass is 16.5. The highest BCUT2D eigenvalue weighted by molar-refractivity contribution is 4.85. The molecule has 2 aliphatic rings. The fraction of sp³-hybridized carbons (Fsp3) is 1.00. The Hall–Kier alpha value is -0.120. The van der Waals surface area contributed by atoms with E-state index in [9.17, 15) is 0 Å². The summed E-state index contributed by atoms with van der Waals surface area (Å²) < 4.78 is 5.25. The Morgan fingerprint density at radius 1 is 1.36 bits per heavy atom. The lowest BCUT2D eigenvalue weighted by molar-refractivity contribution is -0.100. The summed E-state index contributed by atoms with van der Waals surface area (Å²) in [6, 6.07) is 0.739. The van der Waals surface area contributed by atoms with Crippen molar-refractivity contribution in [2.75, 3.05) is 39.9 Å². The number of ether oxygens (including phenoxy) is 1. The summed E-state index contributed by atoms with van der Waals surface area (Å²) in [5, 5.41) is 3.68. The Kier molecular flexibility index (Phi) is 3.10. The van der Waals surface area contributed by atoms with Crippen LogP contribution in [-0.2, 0) is 4.74 Å². The molecule has 0 aliphatic carbocycles. The van der Waals surface area contributed by atoms with Crippen molar-refractivity contribution in [3.8, 4) is 0 Å². The molecule has 0 aromatic carbocycles. The third kappa shape index (κ3) is 2.47. The van der Waals surface area contributed by atoms with Gasteiger partial charge in [-0.1, -0.05) is 6.92 Å². The molecular weight excluding hydrogens is 176 g/mol. The Morgan fingerprint density at radius 2 is 2.00 bits per heavy atom. The van der Waals surface area contributed by atoms with Crippen LogP contribution < -0.4 is 5.32 Å². The lowest BCUT2D eigenvalue weighted by Gasteiger charge is -2.40. The number of nitrogens with one attached hydrogen (secondary N) is 1. The van der Waals surface area contributed by atoms with Gasteiger partial charge in [-0.15, -0.1) is 0 Å². The topological polar surface area (TPSA) is 24.5 Å². The summed E-state index contributed by atoms with van der Waals surface area (Å²) in [6.07, 6.45) is 2.60. The normalized spacial score (nSPS) is 28.7. The van der Waals surface area contributed by atoms with Gasteiger partial charge in [0, 0.05) is 18.0 Å². The molecule has 0 saturated carbocycles. The lowest BCUT2D eigenvalue weighted by Crippen LogP contribution is -2.51. The monoisotopic (exact) mass is 198 g/mol. The van der Waals surface area contributed by atoms with Crippen molar-refractivity contribution in [2.24, 2.45) is 5.41 Å². The predicted octanol–water partition coefficient (Wildman–Crippen LogP) is 0.707. The zero-order valence-corrected chi connectivity index (χ0v) is 9.38. The quantitative estimate of drug-likeness (QED) is 0.723. The maximum Gasteiger partial charge on any atom is 0.0554 e. The lowest BCUT2D eigenvalue weighted by atomic mass is 9.88. The van der Waals surface area contributed by atoms with Crippen LogP contribution in [0.4, 0.5) is 0 Å². The molecule has 14 heavy (non-hydrogen) atoms. The van der Waals surface area contributed by atoms with Crippen LogP contribution in [0.1, 0.15) is 19.8 Å². The predicted molar refractivity (Wildman–Crippen MR) is 57.4 cm³/mol. The van der Waals surface area contributed by atoms with Crippen molar-refractivity contribution < 1.29 is 4.74 Å². The molecule has 2 aliphatic heterocycles. The van der Waals surface area contributed by atoms with Crippen molar-refractivity contribution in [3.05, 3.63) is 0 Å². The average molecular weight is 198 g/mol. The molecule has 2 rings (SSSR count). The molecule has 82 valence electrons. The van der Waals surface area contributed by atoms with Crippen molar-refractivity contribution >= 4 is 0 Å². The Morgan fingerprint density at radius 3 is 2.50 bits per heavy atom. The van der Waals surface area contributed by atoms with Gasteiger partial charge < -0.3 is 15.0 Å². The third-order valence-corrected chi connectivity index (χ3v) is 3.44. The zero-order chi connectivity index (χ0) is 10.0. The smallest absolute Gasteiger partial charge is 0.0554 e. The zero-order valence-electron chi connectivity index (χ0n) is 9.38. The summed E-state index contributed by atoms with van der Waals surface area (Å²) in [7, 11) is 2.21. The first-order valence-corrected chi connectivity index (χ1v) is 5.68. The second-order valence-electron chi connectivity index (χ2n) is 5.26. The van der Waals surface area contributed by atoms with Crippen molar-refractivity contribution in [1.82, 2.24) is 10.2 Å². The number of likely N-dealkylation sites (tertiary alicyclic amines) is 1. The molecule has 0 aromatic rings. The van der Waals surface area contributed by atoms with Gasteiger partial charge in [0.25, 0.3) is 0 Å². The molecule has 0 spiro atoms. The van der Waals surface area contributed by atoms with Crippen LogP contribution in [0.15, 0.2) is 0 Å². The Bertz CT molecular complexity index is 184.